The Kier molecular flexibility index (Phi) is 4.56. The van der Waals surface area contributed by atoms with Gasteiger partial charge >= 0.3 is 0 Å². The van der Waals surface area contributed by atoms with E-state index in [-0.39, 0.29) is 11.9 Å². The standard InChI is InChI=1S/C10H12N4.C6H6/c1-2-6-4-3-5-7-8(6)9(11)14-10(12)13-7;1-2-4-6-5-3-1/h1,6H,3-5H2,(H4,11,12,13,14);1-6H. The molecule has 4 N–H and O–H groups in total. The van der Waals surface area contributed by atoms with Crippen LogP contribution in [-0.2, 0) is 6.42 Å². The van der Waals surface area contributed by atoms with Crippen molar-refractivity contribution >= 4 is 11.8 Å². The van der Waals surface area contributed by atoms with Crippen LogP contribution in [0, 0.1) is 12.3 Å². The molecule has 0 saturated carbocycles. The van der Waals surface area contributed by atoms with E-state index < -0.39 is 0 Å². The first-order chi connectivity index (χ1) is 9.72. The predicted molar refractivity (Wildman–Crippen MR) is 81.8 cm³/mol. The third-order valence-corrected chi connectivity index (χ3v) is 3.19. The molecule has 0 fully saturated rings. The largest absolute Gasteiger partial charge is 0.383 e. The van der Waals surface area contributed by atoms with Gasteiger partial charge in [0.25, 0.3) is 0 Å². The van der Waals surface area contributed by atoms with Crippen molar-refractivity contribution in [3.8, 4) is 12.3 Å². The lowest BCUT2D eigenvalue weighted by molar-refractivity contribution is 0.626. The lowest BCUT2D eigenvalue weighted by atomic mass is 9.86. The molecule has 0 bridgehead atoms. The zero-order chi connectivity index (χ0) is 14.4. The quantitative estimate of drug-likeness (QED) is 0.718. The maximum atomic E-state index is 5.78. The summed E-state index contributed by atoms with van der Waals surface area (Å²) in [6.45, 7) is 0. The van der Waals surface area contributed by atoms with Crippen molar-refractivity contribution in [1.82, 2.24) is 9.97 Å². The van der Waals surface area contributed by atoms with Crippen molar-refractivity contribution in [2.45, 2.75) is 25.2 Å². The third-order valence-electron chi connectivity index (χ3n) is 3.19. The minimum Gasteiger partial charge on any atom is -0.383 e. The highest BCUT2D eigenvalue weighted by Gasteiger charge is 2.23. The van der Waals surface area contributed by atoms with Gasteiger partial charge in [-0.25, -0.2) is 4.98 Å². The number of nitrogen functional groups attached to an aromatic ring is 2. The number of fused-ring (bicyclic) bond motifs is 1. The third kappa shape index (κ3) is 3.27. The lowest BCUT2D eigenvalue weighted by Gasteiger charge is -2.21. The maximum absolute atomic E-state index is 5.78. The molecular formula is C16H18N4. The normalized spacial score (nSPS) is 16.2. The topological polar surface area (TPSA) is 77.8 Å². The van der Waals surface area contributed by atoms with Gasteiger partial charge in [-0.3, -0.25) is 0 Å². The van der Waals surface area contributed by atoms with Crippen LogP contribution in [0.15, 0.2) is 36.4 Å². The number of terminal acetylenes is 1. The molecule has 1 aliphatic rings. The lowest BCUT2D eigenvalue weighted by Crippen LogP contribution is -2.16. The van der Waals surface area contributed by atoms with Gasteiger partial charge in [-0.05, 0) is 19.3 Å². The van der Waals surface area contributed by atoms with Crippen molar-refractivity contribution in [2.24, 2.45) is 0 Å². The van der Waals surface area contributed by atoms with Crippen LogP contribution in [0.2, 0.25) is 0 Å². The number of nitrogens with two attached hydrogens (primary N) is 2. The van der Waals surface area contributed by atoms with Gasteiger partial charge in [0.1, 0.15) is 5.82 Å². The molecule has 0 aliphatic heterocycles. The SMILES string of the molecule is C#CC1CCCc2nc(N)nc(N)c21.c1ccccc1. The molecule has 1 aromatic heterocycles. The van der Waals surface area contributed by atoms with Crippen molar-refractivity contribution in [2.75, 3.05) is 11.5 Å². The highest BCUT2D eigenvalue weighted by Crippen LogP contribution is 2.33. The highest BCUT2D eigenvalue weighted by molar-refractivity contribution is 5.51. The van der Waals surface area contributed by atoms with Crippen molar-refractivity contribution in [1.29, 1.82) is 0 Å². The van der Waals surface area contributed by atoms with E-state index in [1.54, 1.807) is 0 Å². The molecule has 3 rings (SSSR count). The van der Waals surface area contributed by atoms with Crippen molar-refractivity contribution in [3.63, 3.8) is 0 Å². The molecule has 2 aromatic rings. The predicted octanol–water partition coefficient (Wildman–Crippen LogP) is 2.38. The number of anilines is 2. The molecule has 0 spiro atoms. The Labute approximate surface area is 119 Å². The molecule has 4 heteroatoms. The zero-order valence-corrected chi connectivity index (χ0v) is 11.3. The van der Waals surface area contributed by atoms with E-state index in [2.05, 4.69) is 15.9 Å². The van der Waals surface area contributed by atoms with Crippen LogP contribution in [0.4, 0.5) is 11.8 Å². The van der Waals surface area contributed by atoms with Crippen molar-refractivity contribution in [3.05, 3.63) is 47.7 Å². The Balaban J connectivity index is 0.000000205. The molecule has 4 nitrogen and oxygen atoms in total. The first-order valence-electron chi connectivity index (χ1n) is 6.60. The fourth-order valence-corrected chi connectivity index (χ4v) is 2.29. The van der Waals surface area contributed by atoms with E-state index >= 15 is 0 Å². The molecule has 102 valence electrons. The van der Waals surface area contributed by atoms with Crippen LogP contribution in [-0.4, -0.2) is 9.97 Å². The summed E-state index contributed by atoms with van der Waals surface area (Å²) in [6.07, 6.45) is 8.32. The Morgan fingerprint density at radius 2 is 1.65 bits per heavy atom. The molecule has 1 heterocycles. The fraction of sp³-hybridized carbons (Fsp3) is 0.250. The molecule has 1 aromatic carbocycles. The van der Waals surface area contributed by atoms with Crippen LogP contribution in [0.5, 0.6) is 0 Å². The van der Waals surface area contributed by atoms with Crippen LogP contribution >= 0.6 is 0 Å². The summed E-state index contributed by atoms with van der Waals surface area (Å²) in [7, 11) is 0. The number of aromatic nitrogens is 2. The zero-order valence-electron chi connectivity index (χ0n) is 11.3. The first-order valence-corrected chi connectivity index (χ1v) is 6.60. The number of nitrogens with zero attached hydrogens (tertiary/aromatic N) is 2. The minimum absolute atomic E-state index is 0.0550. The van der Waals surface area contributed by atoms with E-state index in [9.17, 15) is 0 Å². The van der Waals surface area contributed by atoms with Crippen LogP contribution in [0.25, 0.3) is 0 Å². The van der Waals surface area contributed by atoms with Gasteiger partial charge in [-0.15, -0.1) is 6.42 Å². The van der Waals surface area contributed by atoms with E-state index in [0.717, 1.165) is 30.5 Å². The maximum Gasteiger partial charge on any atom is 0.222 e. The van der Waals surface area contributed by atoms with Crippen LogP contribution in [0.3, 0.4) is 0 Å². The second-order valence-corrected chi connectivity index (χ2v) is 4.59. The summed E-state index contributed by atoms with van der Waals surface area (Å²) in [4.78, 5) is 8.10. The van der Waals surface area contributed by atoms with Gasteiger partial charge in [-0.1, -0.05) is 42.3 Å². The van der Waals surface area contributed by atoms with Gasteiger partial charge in [-0.2, -0.15) is 4.98 Å². The molecule has 1 aliphatic carbocycles. The summed E-state index contributed by atoms with van der Waals surface area (Å²) in [5.41, 5.74) is 13.1. The Morgan fingerprint density at radius 3 is 2.20 bits per heavy atom. The molecule has 0 radical (unpaired) electrons. The smallest absolute Gasteiger partial charge is 0.222 e. The number of benzene rings is 1. The molecular weight excluding hydrogens is 248 g/mol. The second-order valence-electron chi connectivity index (χ2n) is 4.59. The van der Waals surface area contributed by atoms with Gasteiger partial charge in [0.15, 0.2) is 0 Å². The Hall–Kier alpha value is -2.54. The summed E-state index contributed by atoms with van der Waals surface area (Å²) < 4.78 is 0. The minimum atomic E-state index is 0.0550. The van der Waals surface area contributed by atoms with Gasteiger partial charge in [0.05, 0.1) is 11.6 Å². The molecule has 1 atom stereocenters. The number of aryl methyl sites for hydroxylation is 1. The van der Waals surface area contributed by atoms with E-state index in [4.69, 9.17) is 17.9 Å². The van der Waals surface area contributed by atoms with E-state index in [1.165, 1.54) is 0 Å². The monoisotopic (exact) mass is 266 g/mol. The highest BCUT2D eigenvalue weighted by atomic mass is 15.0. The summed E-state index contributed by atoms with van der Waals surface area (Å²) in [6, 6.07) is 12.0. The van der Waals surface area contributed by atoms with Gasteiger partial charge in [0, 0.05) is 5.56 Å². The molecule has 20 heavy (non-hydrogen) atoms. The summed E-state index contributed by atoms with van der Waals surface area (Å²) in [5.74, 6) is 3.45. The average Bonchev–Trinajstić information content (AvgIpc) is 2.48. The second kappa shape index (κ2) is 6.58. The number of rotatable bonds is 0. The summed E-state index contributed by atoms with van der Waals surface area (Å²) in [5, 5.41) is 0. The summed E-state index contributed by atoms with van der Waals surface area (Å²) >= 11 is 0. The fourth-order valence-electron chi connectivity index (χ4n) is 2.29. The number of hydrogen-bond donors (Lipinski definition) is 2. The van der Waals surface area contributed by atoms with Crippen molar-refractivity contribution < 1.29 is 0 Å². The first kappa shape index (κ1) is 13.9. The molecule has 0 saturated heterocycles. The molecule has 1 unspecified atom stereocenters. The number of hydrogen-bond acceptors (Lipinski definition) is 4. The van der Waals surface area contributed by atoms with Gasteiger partial charge < -0.3 is 11.5 Å². The van der Waals surface area contributed by atoms with Crippen LogP contribution < -0.4 is 11.5 Å². The van der Waals surface area contributed by atoms with Gasteiger partial charge in [0.2, 0.25) is 5.95 Å². The van der Waals surface area contributed by atoms with E-state index in [1.807, 2.05) is 36.4 Å². The Bertz CT molecular complexity index is 575. The Morgan fingerprint density at radius 1 is 1.05 bits per heavy atom. The molecule has 0 amide bonds. The van der Waals surface area contributed by atoms with E-state index in [0.29, 0.717) is 5.82 Å². The average molecular weight is 266 g/mol. The van der Waals surface area contributed by atoms with Crippen LogP contribution in [0.1, 0.15) is 30.0 Å².